The number of nitrogens with one attached hydrogen (secondary N) is 1. The highest BCUT2D eigenvalue weighted by atomic mass is 32.1. The van der Waals surface area contributed by atoms with E-state index in [0.29, 0.717) is 21.6 Å². The number of aryl methyl sites for hydroxylation is 1. The van der Waals surface area contributed by atoms with E-state index in [1.54, 1.807) is 0 Å². The largest absolute Gasteiger partial charge is 0.375 e. The van der Waals surface area contributed by atoms with Crippen molar-refractivity contribution in [3.63, 3.8) is 0 Å². The van der Waals surface area contributed by atoms with Crippen molar-refractivity contribution in [1.82, 2.24) is 15.2 Å². The quantitative estimate of drug-likeness (QED) is 0.834. The summed E-state index contributed by atoms with van der Waals surface area (Å²) < 4.78 is 0. The maximum atomic E-state index is 12.2. The summed E-state index contributed by atoms with van der Waals surface area (Å²) >= 11 is 1.24. The smallest absolute Gasteiger partial charge is 0.263 e. The molecule has 0 bridgehead atoms. The average molecular weight is 284 g/mol. The molecule has 0 fully saturated rings. The van der Waals surface area contributed by atoms with Crippen LogP contribution in [0.5, 0.6) is 0 Å². The Morgan fingerprint density at radius 3 is 2.53 bits per heavy atom. The van der Waals surface area contributed by atoms with Gasteiger partial charge in [-0.05, 0) is 33.4 Å². The summed E-state index contributed by atoms with van der Waals surface area (Å²) in [6, 6.07) is 0.144. The van der Waals surface area contributed by atoms with Crippen molar-refractivity contribution in [3.05, 3.63) is 10.6 Å². The van der Waals surface area contributed by atoms with Crippen LogP contribution in [0.25, 0.3) is 0 Å². The lowest BCUT2D eigenvalue weighted by Crippen LogP contribution is -2.42. The number of rotatable bonds is 6. The third kappa shape index (κ3) is 5.16. The van der Waals surface area contributed by atoms with E-state index in [-0.39, 0.29) is 11.9 Å². The summed E-state index contributed by atoms with van der Waals surface area (Å²) in [4.78, 5) is 19.0. The molecule has 1 unspecified atom stereocenters. The second-order valence-corrected chi connectivity index (χ2v) is 6.56. The van der Waals surface area contributed by atoms with Crippen molar-refractivity contribution in [3.8, 4) is 0 Å². The fraction of sp³-hybridized carbons (Fsp3) is 0.692. The summed E-state index contributed by atoms with van der Waals surface area (Å²) in [6.07, 6.45) is 0.956. The molecular weight excluding hydrogens is 260 g/mol. The number of amides is 1. The van der Waals surface area contributed by atoms with Gasteiger partial charge in [-0.15, -0.1) is 0 Å². The predicted molar refractivity (Wildman–Crippen MR) is 80.5 cm³/mol. The molecule has 0 saturated heterocycles. The fourth-order valence-electron chi connectivity index (χ4n) is 2.07. The Labute approximate surface area is 119 Å². The number of carbonyl (C=O) groups excluding carboxylic acids is 1. The van der Waals surface area contributed by atoms with Crippen LogP contribution in [0.2, 0.25) is 0 Å². The minimum absolute atomic E-state index is 0.0702. The molecule has 1 rings (SSSR count). The molecule has 1 amide bonds. The van der Waals surface area contributed by atoms with Crippen molar-refractivity contribution in [2.45, 2.75) is 33.2 Å². The van der Waals surface area contributed by atoms with Crippen molar-refractivity contribution in [1.29, 1.82) is 0 Å². The molecule has 0 aromatic carbocycles. The number of carbonyl (C=O) groups is 1. The summed E-state index contributed by atoms with van der Waals surface area (Å²) in [5.41, 5.74) is 6.33. The molecule has 1 aromatic rings. The Kier molecular flexibility index (Phi) is 5.75. The first-order chi connectivity index (χ1) is 8.79. The first-order valence-electron chi connectivity index (χ1n) is 6.48. The second kappa shape index (κ2) is 6.86. The molecule has 0 aliphatic carbocycles. The zero-order valence-corrected chi connectivity index (χ0v) is 13.2. The minimum atomic E-state index is -0.0702. The number of hydrogen-bond acceptors (Lipinski definition) is 5. The minimum Gasteiger partial charge on any atom is -0.375 e. The van der Waals surface area contributed by atoms with E-state index in [1.165, 1.54) is 11.3 Å². The number of aromatic nitrogens is 1. The number of hydrogen-bond donors (Lipinski definition) is 2. The van der Waals surface area contributed by atoms with Crippen LogP contribution in [0.3, 0.4) is 0 Å². The van der Waals surface area contributed by atoms with Crippen LogP contribution in [-0.4, -0.2) is 42.5 Å². The number of nitrogen functional groups attached to an aromatic ring is 1. The van der Waals surface area contributed by atoms with Crippen molar-refractivity contribution in [2.24, 2.45) is 5.92 Å². The van der Waals surface area contributed by atoms with E-state index < -0.39 is 0 Å². The van der Waals surface area contributed by atoms with Crippen LogP contribution >= 0.6 is 11.3 Å². The lowest BCUT2D eigenvalue weighted by molar-refractivity contribution is 0.0928. The number of likely N-dealkylation sites (N-methyl/N-ethyl adjacent to an activating group) is 1. The molecule has 1 aromatic heterocycles. The van der Waals surface area contributed by atoms with Crippen molar-refractivity contribution < 1.29 is 4.79 Å². The molecule has 0 aliphatic heterocycles. The van der Waals surface area contributed by atoms with Crippen LogP contribution in [0.1, 0.15) is 35.6 Å². The van der Waals surface area contributed by atoms with Crippen LogP contribution in [0, 0.1) is 12.8 Å². The predicted octanol–water partition coefficient (Wildman–Crippen LogP) is 1.74. The molecule has 19 heavy (non-hydrogen) atoms. The van der Waals surface area contributed by atoms with Gasteiger partial charge in [0.25, 0.3) is 5.91 Å². The molecule has 5 nitrogen and oxygen atoms in total. The topological polar surface area (TPSA) is 71.2 Å². The Bertz CT molecular complexity index is 418. The molecule has 1 atom stereocenters. The van der Waals surface area contributed by atoms with E-state index in [1.807, 2.05) is 21.0 Å². The second-order valence-electron chi connectivity index (χ2n) is 5.53. The zero-order valence-electron chi connectivity index (χ0n) is 12.4. The third-order valence-electron chi connectivity index (χ3n) is 2.70. The number of nitrogens with two attached hydrogens (primary N) is 1. The van der Waals surface area contributed by atoms with Gasteiger partial charge < -0.3 is 16.0 Å². The van der Waals surface area contributed by atoms with E-state index in [2.05, 4.69) is 29.0 Å². The Balaban J connectivity index is 2.72. The molecule has 0 spiro atoms. The van der Waals surface area contributed by atoms with Gasteiger partial charge in [-0.2, -0.15) is 0 Å². The van der Waals surface area contributed by atoms with Crippen LogP contribution in [0.4, 0.5) is 5.13 Å². The van der Waals surface area contributed by atoms with Crippen LogP contribution < -0.4 is 11.1 Å². The van der Waals surface area contributed by atoms with E-state index in [9.17, 15) is 4.79 Å². The van der Waals surface area contributed by atoms with Crippen molar-refractivity contribution in [2.75, 3.05) is 26.4 Å². The monoisotopic (exact) mass is 284 g/mol. The van der Waals surface area contributed by atoms with Gasteiger partial charge in [0.05, 0.1) is 5.69 Å². The lowest BCUT2D eigenvalue weighted by Gasteiger charge is -2.23. The van der Waals surface area contributed by atoms with Crippen molar-refractivity contribution >= 4 is 22.4 Å². The highest BCUT2D eigenvalue weighted by Gasteiger charge is 2.19. The molecular formula is C13H24N4OS. The van der Waals surface area contributed by atoms with E-state index in [4.69, 9.17) is 5.73 Å². The maximum absolute atomic E-state index is 12.2. The van der Waals surface area contributed by atoms with Gasteiger partial charge >= 0.3 is 0 Å². The standard InChI is InChI=1S/C13H24N4OS/c1-8(2)6-10(7-17(4)5)16-12(18)11-9(3)15-13(14)19-11/h8,10H,6-7H2,1-5H3,(H2,14,15)(H,16,18). The Morgan fingerprint density at radius 1 is 1.47 bits per heavy atom. The summed E-state index contributed by atoms with van der Waals surface area (Å²) in [5.74, 6) is 0.470. The third-order valence-corrected chi connectivity index (χ3v) is 3.68. The summed E-state index contributed by atoms with van der Waals surface area (Å²) in [7, 11) is 4.02. The maximum Gasteiger partial charge on any atom is 0.263 e. The molecule has 0 radical (unpaired) electrons. The van der Waals surface area contributed by atoms with Gasteiger partial charge in [0.15, 0.2) is 5.13 Å². The molecule has 6 heteroatoms. The number of thiazole rings is 1. The SMILES string of the molecule is Cc1nc(N)sc1C(=O)NC(CC(C)C)CN(C)C. The average Bonchev–Trinajstić information content (AvgIpc) is 2.55. The Morgan fingerprint density at radius 2 is 2.11 bits per heavy atom. The van der Waals surface area contributed by atoms with Gasteiger partial charge in [-0.1, -0.05) is 25.2 Å². The molecule has 0 aliphatic rings. The summed E-state index contributed by atoms with van der Waals surface area (Å²) in [5, 5.41) is 3.52. The first kappa shape index (κ1) is 15.9. The number of nitrogens with zero attached hydrogens (tertiary/aromatic N) is 2. The van der Waals surface area contributed by atoms with E-state index in [0.717, 1.165) is 13.0 Å². The fourth-order valence-corrected chi connectivity index (χ4v) is 2.80. The van der Waals surface area contributed by atoms with Gasteiger partial charge in [0.2, 0.25) is 0 Å². The van der Waals surface area contributed by atoms with Gasteiger partial charge in [0.1, 0.15) is 4.88 Å². The normalized spacial score (nSPS) is 13.0. The van der Waals surface area contributed by atoms with E-state index >= 15 is 0 Å². The zero-order chi connectivity index (χ0) is 14.6. The highest BCUT2D eigenvalue weighted by Crippen LogP contribution is 2.19. The van der Waals surface area contributed by atoms with Crippen LogP contribution in [-0.2, 0) is 0 Å². The lowest BCUT2D eigenvalue weighted by atomic mass is 10.0. The van der Waals surface area contributed by atoms with Gasteiger partial charge in [-0.25, -0.2) is 4.98 Å². The molecule has 1 heterocycles. The van der Waals surface area contributed by atoms with Gasteiger partial charge in [0, 0.05) is 12.6 Å². The van der Waals surface area contributed by atoms with Crippen LogP contribution in [0.15, 0.2) is 0 Å². The molecule has 108 valence electrons. The molecule has 3 N–H and O–H groups in total. The van der Waals surface area contributed by atoms with Gasteiger partial charge in [-0.3, -0.25) is 4.79 Å². The highest BCUT2D eigenvalue weighted by molar-refractivity contribution is 7.17. The summed E-state index contributed by atoms with van der Waals surface area (Å²) in [6.45, 7) is 6.96. The number of anilines is 1. The molecule has 0 saturated carbocycles. The Hall–Kier alpha value is -1.14. The first-order valence-corrected chi connectivity index (χ1v) is 7.29.